The molecule has 166 valence electrons. The lowest BCUT2D eigenvalue weighted by Gasteiger charge is -2.14. The van der Waals surface area contributed by atoms with Crippen LogP contribution in [0.15, 0.2) is 29.3 Å². The van der Waals surface area contributed by atoms with Gasteiger partial charge in [-0.15, -0.1) is 0 Å². The molecule has 3 aromatic rings. The molecule has 3 rings (SSSR count). The van der Waals surface area contributed by atoms with E-state index < -0.39 is 32.4 Å². The summed E-state index contributed by atoms with van der Waals surface area (Å²) in [5.41, 5.74) is -0.179. The number of aromatic nitrogens is 4. The van der Waals surface area contributed by atoms with Gasteiger partial charge in [-0.1, -0.05) is 6.07 Å². The zero-order valence-corrected chi connectivity index (χ0v) is 18.1. The number of hydrogen-bond acceptors (Lipinski definition) is 6. The molecule has 0 amide bonds. The smallest absolute Gasteiger partial charge is 0.403 e. The van der Waals surface area contributed by atoms with E-state index in [4.69, 9.17) is 4.74 Å². The molecular formula is C19H19F3N4O4S. The lowest BCUT2D eigenvalue weighted by atomic mass is 10.0. The Morgan fingerprint density at radius 1 is 1.10 bits per heavy atom. The SMILES string of the molecule is Cc1nn(C)cc1C(=O)Oc1c(-c2ccc(C(F)(F)F)cc2S(C)(=O)=O)c(C)nn1C. The van der Waals surface area contributed by atoms with Gasteiger partial charge < -0.3 is 4.74 Å². The highest BCUT2D eigenvalue weighted by Gasteiger charge is 2.33. The first-order valence-corrected chi connectivity index (χ1v) is 10.8. The van der Waals surface area contributed by atoms with Crippen molar-refractivity contribution in [2.24, 2.45) is 14.1 Å². The summed E-state index contributed by atoms with van der Waals surface area (Å²) in [5.74, 6) is -0.863. The van der Waals surface area contributed by atoms with E-state index in [0.717, 1.165) is 18.4 Å². The number of aryl methyl sites for hydroxylation is 4. The van der Waals surface area contributed by atoms with Crippen LogP contribution in [-0.4, -0.2) is 40.2 Å². The predicted octanol–water partition coefficient (Wildman–Crippen LogP) is 3.08. The number of rotatable bonds is 4. The largest absolute Gasteiger partial charge is 0.416 e. The maximum absolute atomic E-state index is 13.2. The second-order valence-electron chi connectivity index (χ2n) is 7.06. The summed E-state index contributed by atoms with van der Waals surface area (Å²) < 4.78 is 72.3. The van der Waals surface area contributed by atoms with Crippen molar-refractivity contribution in [1.82, 2.24) is 19.6 Å². The average Bonchev–Trinajstić information content (AvgIpc) is 3.10. The minimum Gasteiger partial charge on any atom is -0.403 e. The molecule has 0 N–H and O–H groups in total. The quantitative estimate of drug-likeness (QED) is 0.560. The van der Waals surface area contributed by atoms with E-state index in [1.54, 1.807) is 14.0 Å². The van der Waals surface area contributed by atoms with E-state index in [1.807, 2.05) is 0 Å². The van der Waals surface area contributed by atoms with Gasteiger partial charge in [0.2, 0.25) is 5.88 Å². The molecule has 0 atom stereocenters. The Hall–Kier alpha value is -3.15. The first-order valence-electron chi connectivity index (χ1n) is 8.88. The third-order valence-electron chi connectivity index (χ3n) is 4.57. The fourth-order valence-corrected chi connectivity index (χ4v) is 4.13. The molecule has 2 aromatic heterocycles. The highest BCUT2D eigenvalue weighted by molar-refractivity contribution is 7.90. The molecule has 0 spiro atoms. The van der Waals surface area contributed by atoms with E-state index in [2.05, 4.69) is 10.2 Å². The van der Waals surface area contributed by atoms with Crippen LogP contribution in [0, 0.1) is 13.8 Å². The van der Waals surface area contributed by atoms with Gasteiger partial charge in [0.1, 0.15) is 5.56 Å². The zero-order valence-electron chi connectivity index (χ0n) is 17.3. The van der Waals surface area contributed by atoms with Crippen LogP contribution in [0.1, 0.15) is 27.3 Å². The lowest BCUT2D eigenvalue weighted by molar-refractivity contribution is -0.137. The summed E-state index contributed by atoms with van der Waals surface area (Å²) in [6.07, 6.45) is -2.46. The van der Waals surface area contributed by atoms with Gasteiger partial charge >= 0.3 is 12.1 Å². The number of ether oxygens (including phenoxy) is 1. The van der Waals surface area contributed by atoms with Gasteiger partial charge in [-0.3, -0.25) is 4.68 Å². The van der Waals surface area contributed by atoms with Crippen LogP contribution < -0.4 is 4.74 Å². The zero-order chi connectivity index (χ0) is 23.3. The van der Waals surface area contributed by atoms with E-state index in [-0.39, 0.29) is 28.3 Å². The molecule has 0 fully saturated rings. The van der Waals surface area contributed by atoms with Crippen molar-refractivity contribution in [2.75, 3.05) is 6.26 Å². The Morgan fingerprint density at radius 3 is 2.26 bits per heavy atom. The molecule has 0 saturated carbocycles. The Balaban J connectivity index is 2.19. The Labute approximate surface area is 176 Å². The van der Waals surface area contributed by atoms with Crippen LogP contribution >= 0.6 is 0 Å². The number of carbonyl (C=O) groups is 1. The van der Waals surface area contributed by atoms with Gasteiger partial charge in [0.05, 0.1) is 27.4 Å². The van der Waals surface area contributed by atoms with E-state index >= 15 is 0 Å². The third-order valence-corrected chi connectivity index (χ3v) is 5.71. The second-order valence-corrected chi connectivity index (χ2v) is 9.05. The second kappa shape index (κ2) is 7.52. The van der Waals surface area contributed by atoms with Crippen molar-refractivity contribution in [1.29, 1.82) is 0 Å². The summed E-state index contributed by atoms with van der Waals surface area (Å²) >= 11 is 0. The summed E-state index contributed by atoms with van der Waals surface area (Å²) in [6, 6.07) is 2.37. The molecule has 0 radical (unpaired) electrons. The molecule has 0 aliphatic rings. The lowest BCUT2D eigenvalue weighted by Crippen LogP contribution is -2.13. The highest BCUT2D eigenvalue weighted by Crippen LogP contribution is 2.40. The molecule has 0 aliphatic carbocycles. The molecule has 0 saturated heterocycles. The van der Waals surface area contributed by atoms with Gasteiger partial charge in [0.15, 0.2) is 9.84 Å². The topological polar surface area (TPSA) is 96.1 Å². The van der Waals surface area contributed by atoms with E-state index in [1.165, 1.54) is 29.5 Å². The standard InChI is InChI=1S/C19H19F3N4O4S/c1-10-14(9-25(3)23-10)18(27)30-17-16(11(2)24-26(17)4)13-7-6-12(19(20,21)22)8-15(13)31(5,28)29/h6-9H,1-5H3. The number of sulfone groups is 1. The number of alkyl halides is 3. The van der Waals surface area contributed by atoms with Crippen molar-refractivity contribution in [3.63, 3.8) is 0 Å². The number of hydrogen-bond donors (Lipinski definition) is 0. The Bertz CT molecular complexity index is 1290. The van der Waals surface area contributed by atoms with Gasteiger partial charge in [-0.25, -0.2) is 17.9 Å². The van der Waals surface area contributed by atoms with Gasteiger partial charge in [-0.2, -0.15) is 23.4 Å². The fourth-order valence-electron chi connectivity index (χ4n) is 3.22. The van der Waals surface area contributed by atoms with Crippen LogP contribution in [0.2, 0.25) is 0 Å². The molecule has 1 aromatic carbocycles. The monoisotopic (exact) mass is 456 g/mol. The van der Waals surface area contributed by atoms with Crippen LogP contribution in [0.4, 0.5) is 13.2 Å². The van der Waals surface area contributed by atoms with Crippen LogP contribution in [0.5, 0.6) is 5.88 Å². The minimum atomic E-state index is -4.73. The van der Waals surface area contributed by atoms with Gasteiger partial charge in [-0.05, 0) is 26.0 Å². The molecule has 0 bridgehead atoms. The highest BCUT2D eigenvalue weighted by atomic mass is 32.2. The average molecular weight is 456 g/mol. The molecule has 0 unspecified atom stereocenters. The third kappa shape index (κ3) is 4.33. The molecule has 12 heteroatoms. The fraction of sp³-hybridized carbons (Fsp3) is 0.316. The van der Waals surface area contributed by atoms with Crippen LogP contribution in [0.3, 0.4) is 0 Å². The summed E-state index contributed by atoms with van der Waals surface area (Å²) in [5, 5.41) is 8.23. The number of benzene rings is 1. The minimum absolute atomic E-state index is 0.0493. The van der Waals surface area contributed by atoms with Crippen molar-refractivity contribution >= 4 is 15.8 Å². The summed E-state index contributed by atoms with van der Waals surface area (Å²) in [6.45, 7) is 3.15. The van der Waals surface area contributed by atoms with Gasteiger partial charge in [0.25, 0.3) is 0 Å². The first-order chi connectivity index (χ1) is 14.2. The number of nitrogens with zero attached hydrogens (tertiary/aromatic N) is 4. The molecular weight excluding hydrogens is 437 g/mol. The number of halogens is 3. The van der Waals surface area contributed by atoms with Crippen molar-refractivity contribution < 1.29 is 31.1 Å². The normalized spacial score (nSPS) is 12.3. The number of esters is 1. The summed E-state index contributed by atoms with van der Waals surface area (Å²) in [4.78, 5) is 12.1. The maximum Gasteiger partial charge on any atom is 0.416 e. The molecule has 2 heterocycles. The van der Waals surface area contributed by atoms with E-state index in [0.29, 0.717) is 11.8 Å². The predicted molar refractivity (Wildman–Crippen MR) is 104 cm³/mol. The summed E-state index contributed by atoms with van der Waals surface area (Å²) in [7, 11) is -0.963. The van der Waals surface area contributed by atoms with Gasteiger partial charge in [0, 0.05) is 32.1 Å². The van der Waals surface area contributed by atoms with E-state index in [9.17, 15) is 26.4 Å². The van der Waals surface area contributed by atoms with Crippen molar-refractivity contribution in [3.05, 3.63) is 46.9 Å². The molecule has 31 heavy (non-hydrogen) atoms. The van der Waals surface area contributed by atoms with Crippen LogP contribution in [-0.2, 0) is 30.1 Å². The Kier molecular flexibility index (Phi) is 5.47. The van der Waals surface area contributed by atoms with Crippen LogP contribution in [0.25, 0.3) is 11.1 Å². The maximum atomic E-state index is 13.2. The number of carbonyl (C=O) groups excluding carboxylic acids is 1. The molecule has 0 aliphatic heterocycles. The molecule has 8 nitrogen and oxygen atoms in total. The van der Waals surface area contributed by atoms with Crippen molar-refractivity contribution in [2.45, 2.75) is 24.9 Å². The first kappa shape index (κ1) is 22.5. The Morgan fingerprint density at radius 2 is 1.74 bits per heavy atom. The van der Waals surface area contributed by atoms with Crippen molar-refractivity contribution in [3.8, 4) is 17.0 Å².